The van der Waals surface area contributed by atoms with Gasteiger partial charge in [-0.2, -0.15) is 0 Å². The number of hydrogen-bond donors (Lipinski definition) is 1. The molecule has 3 rings (SSSR count). The van der Waals surface area contributed by atoms with Gasteiger partial charge < -0.3 is 14.8 Å². The highest BCUT2D eigenvalue weighted by Crippen LogP contribution is 2.23. The SMILES string of the molecule is O=C(COC(=O)/C=C/c1ccc2ccccc2n1)Nc1ccc(OC(F)(F)F)cc1. The van der Waals surface area contributed by atoms with Gasteiger partial charge in [-0.15, -0.1) is 13.2 Å². The zero-order chi connectivity index (χ0) is 21.6. The van der Waals surface area contributed by atoms with Gasteiger partial charge in [-0.1, -0.05) is 24.3 Å². The minimum atomic E-state index is -4.80. The van der Waals surface area contributed by atoms with Crippen molar-refractivity contribution in [3.63, 3.8) is 0 Å². The van der Waals surface area contributed by atoms with Crippen molar-refractivity contribution in [2.75, 3.05) is 11.9 Å². The monoisotopic (exact) mass is 416 g/mol. The van der Waals surface area contributed by atoms with E-state index in [1.165, 1.54) is 18.2 Å². The second-order valence-corrected chi connectivity index (χ2v) is 5.99. The number of alkyl halides is 3. The lowest BCUT2D eigenvalue weighted by Crippen LogP contribution is -2.20. The average Bonchev–Trinajstić information content (AvgIpc) is 2.71. The van der Waals surface area contributed by atoms with E-state index in [-0.39, 0.29) is 5.69 Å². The van der Waals surface area contributed by atoms with Crippen LogP contribution in [-0.2, 0) is 14.3 Å². The van der Waals surface area contributed by atoms with Crippen molar-refractivity contribution >= 4 is 34.5 Å². The van der Waals surface area contributed by atoms with Gasteiger partial charge in [0.05, 0.1) is 11.2 Å². The number of rotatable bonds is 6. The number of benzene rings is 2. The zero-order valence-electron chi connectivity index (χ0n) is 15.3. The van der Waals surface area contributed by atoms with Gasteiger partial charge in [0.2, 0.25) is 0 Å². The van der Waals surface area contributed by atoms with E-state index in [0.717, 1.165) is 29.1 Å². The van der Waals surface area contributed by atoms with Crippen LogP contribution in [0.4, 0.5) is 18.9 Å². The van der Waals surface area contributed by atoms with Gasteiger partial charge in [-0.25, -0.2) is 9.78 Å². The van der Waals surface area contributed by atoms with Crippen LogP contribution >= 0.6 is 0 Å². The third kappa shape index (κ3) is 6.33. The van der Waals surface area contributed by atoms with Crippen LogP contribution in [0.1, 0.15) is 5.69 Å². The lowest BCUT2D eigenvalue weighted by molar-refractivity contribution is -0.274. The summed E-state index contributed by atoms with van der Waals surface area (Å²) in [7, 11) is 0. The molecule has 30 heavy (non-hydrogen) atoms. The Bertz CT molecular complexity index is 1080. The Hall–Kier alpha value is -3.88. The maximum Gasteiger partial charge on any atom is 0.573 e. The fourth-order valence-electron chi connectivity index (χ4n) is 2.45. The van der Waals surface area contributed by atoms with E-state index in [4.69, 9.17) is 4.74 Å². The third-order valence-electron chi connectivity index (χ3n) is 3.73. The lowest BCUT2D eigenvalue weighted by Gasteiger charge is -2.10. The van der Waals surface area contributed by atoms with Crippen molar-refractivity contribution in [1.82, 2.24) is 4.98 Å². The van der Waals surface area contributed by atoms with Crippen molar-refractivity contribution in [3.8, 4) is 5.75 Å². The number of para-hydroxylation sites is 1. The highest BCUT2D eigenvalue weighted by molar-refractivity contribution is 5.94. The highest BCUT2D eigenvalue weighted by atomic mass is 19.4. The average molecular weight is 416 g/mol. The predicted molar refractivity (Wildman–Crippen MR) is 103 cm³/mol. The van der Waals surface area contributed by atoms with Crippen molar-refractivity contribution in [2.24, 2.45) is 0 Å². The van der Waals surface area contributed by atoms with Crippen molar-refractivity contribution < 1.29 is 32.2 Å². The number of esters is 1. The summed E-state index contributed by atoms with van der Waals surface area (Å²) >= 11 is 0. The van der Waals surface area contributed by atoms with E-state index < -0.39 is 30.6 Å². The molecular weight excluding hydrogens is 401 g/mol. The summed E-state index contributed by atoms with van der Waals surface area (Å²) in [6.07, 6.45) is -2.19. The minimum absolute atomic E-state index is 0.224. The van der Waals surface area contributed by atoms with Gasteiger partial charge in [-0.3, -0.25) is 4.79 Å². The second-order valence-electron chi connectivity index (χ2n) is 5.99. The maximum absolute atomic E-state index is 12.1. The van der Waals surface area contributed by atoms with Crippen LogP contribution in [0.5, 0.6) is 5.75 Å². The zero-order valence-corrected chi connectivity index (χ0v) is 15.3. The van der Waals surface area contributed by atoms with Gasteiger partial charge >= 0.3 is 12.3 Å². The number of pyridine rings is 1. The first kappa shape index (κ1) is 20.8. The molecular formula is C21H15F3N2O4. The normalized spacial score (nSPS) is 11.4. The maximum atomic E-state index is 12.1. The molecule has 0 unspecified atom stereocenters. The van der Waals surface area contributed by atoms with Gasteiger partial charge in [0, 0.05) is 17.1 Å². The number of nitrogens with one attached hydrogen (secondary N) is 1. The van der Waals surface area contributed by atoms with Crippen LogP contribution < -0.4 is 10.1 Å². The van der Waals surface area contributed by atoms with Crippen LogP contribution in [0.15, 0.2) is 66.7 Å². The summed E-state index contributed by atoms with van der Waals surface area (Å²) in [4.78, 5) is 28.0. The quantitative estimate of drug-likeness (QED) is 0.478. The molecule has 9 heteroatoms. The van der Waals surface area contributed by atoms with Gasteiger partial charge in [0.1, 0.15) is 5.75 Å². The molecule has 0 radical (unpaired) electrons. The number of hydrogen-bond acceptors (Lipinski definition) is 5. The van der Waals surface area contributed by atoms with E-state index in [1.807, 2.05) is 30.3 Å². The standard InChI is InChI=1S/C21H15F3N2O4/c22-21(23,24)30-17-10-7-16(8-11-17)26-19(27)13-29-20(28)12-9-15-6-5-14-3-1-2-4-18(14)25-15/h1-12H,13H2,(H,26,27)/b12-9+. The lowest BCUT2D eigenvalue weighted by atomic mass is 10.2. The molecule has 0 atom stereocenters. The molecule has 6 nitrogen and oxygen atoms in total. The molecule has 0 aliphatic heterocycles. The molecule has 3 aromatic rings. The molecule has 0 saturated heterocycles. The Kier molecular flexibility index (Phi) is 6.31. The predicted octanol–water partition coefficient (Wildman–Crippen LogP) is 4.33. The summed E-state index contributed by atoms with van der Waals surface area (Å²) in [5.41, 5.74) is 1.55. The minimum Gasteiger partial charge on any atom is -0.452 e. The smallest absolute Gasteiger partial charge is 0.452 e. The molecule has 1 heterocycles. The van der Waals surface area contributed by atoms with Crippen molar-refractivity contribution in [1.29, 1.82) is 0 Å². The van der Waals surface area contributed by atoms with E-state index >= 15 is 0 Å². The van der Waals surface area contributed by atoms with E-state index in [0.29, 0.717) is 5.69 Å². The van der Waals surface area contributed by atoms with E-state index in [1.54, 1.807) is 6.07 Å². The van der Waals surface area contributed by atoms with Crippen molar-refractivity contribution in [3.05, 3.63) is 72.4 Å². The molecule has 1 aromatic heterocycles. The number of aromatic nitrogens is 1. The number of carbonyl (C=O) groups excluding carboxylic acids is 2. The Labute approximate surface area is 168 Å². The van der Waals surface area contributed by atoms with Gasteiger partial charge in [-0.05, 0) is 42.5 Å². The number of carbonyl (C=O) groups is 2. The highest BCUT2D eigenvalue weighted by Gasteiger charge is 2.30. The Morgan fingerprint density at radius 3 is 2.47 bits per heavy atom. The number of nitrogens with zero attached hydrogens (tertiary/aromatic N) is 1. The van der Waals surface area contributed by atoms with Crippen LogP contribution in [0.25, 0.3) is 17.0 Å². The third-order valence-corrected chi connectivity index (χ3v) is 3.73. The van der Waals surface area contributed by atoms with Gasteiger partial charge in [0.15, 0.2) is 6.61 Å². The molecule has 0 saturated carbocycles. The molecule has 1 amide bonds. The largest absolute Gasteiger partial charge is 0.573 e. The fraction of sp³-hybridized carbons (Fsp3) is 0.0952. The van der Waals surface area contributed by atoms with Gasteiger partial charge in [0.25, 0.3) is 5.91 Å². The molecule has 0 aliphatic rings. The summed E-state index contributed by atoms with van der Waals surface area (Å²) in [6, 6.07) is 15.7. The molecule has 0 bridgehead atoms. The molecule has 2 aromatic carbocycles. The molecule has 0 aliphatic carbocycles. The molecule has 0 spiro atoms. The van der Waals surface area contributed by atoms with Crippen LogP contribution in [-0.4, -0.2) is 29.8 Å². The Morgan fingerprint density at radius 2 is 1.73 bits per heavy atom. The number of amides is 1. The summed E-state index contributed by atoms with van der Waals surface area (Å²) in [5, 5.41) is 3.36. The van der Waals surface area contributed by atoms with E-state index in [2.05, 4.69) is 15.0 Å². The Morgan fingerprint density at radius 1 is 1.00 bits per heavy atom. The molecule has 0 fully saturated rings. The van der Waals surface area contributed by atoms with Crippen LogP contribution in [0.3, 0.4) is 0 Å². The number of fused-ring (bicyclic) bond motifs is 1. The Balaban J connectivity index is 1.47. The van der Waals surface area contributed by atoms with Crippen LogP contribution in [0, 0.1) is 0 Å². The van der Waals surface area contributed by atoms with Crippen LogP contribution in [0.2, 0.25) is 0 Å². The van der Waals surface area contributed by atoms with Crippen molar-refractivity contribution in [2.45, 2.75) is 6.36 Å². The second kappa shape index (κ2) is 9.08. The van der Waals surface area contributed by atoms with E-state index in [9.17, 15) is 22.8 Å². The number of anilines is 1. The topological polar surface area (TPSA) is 77.5 Å². The first-order valence-corrected chi connectivity index (χ1v) is 8.65. The summed E-state index contributed by atoms with van der Waals surface area (Å²) in [6.45, 7) is -0.560. The number of halogens is 3. The first-order valence-electron chi connectivity index (χ1n) is 8.65. The summed E-state index contributed by atoms with van der Waals surface area (Å²) < 4.78 is 44.9. The number of ether oxygens (including phenoxy) is 2. The summed E-state index contributed by atoms with van der Waals surface area (Å²) in [5.74, 6) is -1.81. The molecule has 1 N–H and O–H groups in total. The fourth-order valence-corrected chi connectivity index (χ4v) is 2.45. The first-order chi connectivity index (χ1) is 14.3. The molecule has 154 valence electrons.